The molecule has 1 aromatic carbocycles. The van der Waals surface area contributed by atoms with Crippen LogP contribution in [0, 0.1) is 12.7 Å². The molecule has 3 nitrogen and oxygen atoms in total. The average Bonchev–Trinajstić information content (AvgIpc) is 2.70. The van der Waals surface area contributed by atoms with Crippen LogP contribution in [0.15, 0.2) is 23.6 Å². The predicted molar refractivity (Wildman–Crippen MR) is 68.2 cm³/mol. The van der Waals surface area contributed by atoms with E-state index in [1.165, 1.54) is 6.07 Å². The van der Waals surface area contributed by atoms with Gasteiger partial charge in [0.2, 0.25) is 0 Å². The van der Waals surface area contributed by atoms with E-state index in [9.17, 15) is 4.39 Å². The summed E-state index contributed by atoms with van der Waals surface area (Å²) >= 11 is 1.62. The van der Waals surface area contributed by atoms with Gasteiger partial charge in [0.25, 0.3) is 0 Å². The lowest BCUT2D eigenvalue weighted by atomic mass is 10.2. The van der Waals surface area contributed by atoms with Crippen molar-refractivity contribution in [2.75, 3.05) is 5.73 Å². The molecule has 0 radical (unpaired) electrons. The number of nitrogen functional groups attached to an aromatic ring is 1. The molecule has 0 atom stereocenters. The minimum atomic E-state index is -0.366. The number of hydrogen-bond acceptors (Lipinski definition) is 4. The summed E-state index contributed by atoms with van der Waals surface area (Å²) in [6.07, 6.45) is 0. The normalized spacial score (nSPS) is 10.7. The molecule has 0 saturated carbocycles. The van der Waals surface area contributed by atoms with Crippen molar-refractivity contribution in [3.63, 3.8) is 0 Å². The number of nitrogens with zero attached hydrogens (tertiary/aromatic N) is 1. The van der Waals surface area contributed by atoms with E-state index in [1.54, 1.807) is 17.4 Å². The second kappa shape index (κ2) is 5.25. The lowest BCUT2D eigenvalue weighted by Crippen LogP contribution is -2.12. The summed E-state index contributed by atoms with van der Waals surface area (Å²) in [7, 11) is 0. The fourth-order valence-electron chi connectivity index (χ4n) is 1.48. The molecule has 0 spiro atoms. The molecule has 90 valence electrons. The zero-order chi connectivity index (χ0) is 12.3. The highest BCUT2D eigenvalue weighted by atomic mass is 32.1. The highest BCUT2D eigenvalue weighted by Gasteiger charge is 2.01. The van der Waals surface area contributed by atoms with Crippen LogP contribution in [0.5, 0.6) is 0 Å². The van der Waals surface area contributed by atoms with Gasteiger partial charge in [0.05, 0.1) is 5.69 Å². The maximum Gasteiger partial charge on any atom is 0.146 e. The monoisotopic (exact) mass is 251 g/mol. The summed E-state index contributed by atoms with van der Waals surface area (Å²) in [6, 6.07) is 4.85. The van der Waals surface area contributed by atoms with E-state index in [4.69, 9.17) is 5.73 Å². The largest absolute Gasteiger partial charge is 0.396 e. The third kappa shape index (κ3) is 3.25. The molecule has 0 unspecified atom stereocenters. The lowest BCUT2D eigenvalue weighted by molar-refractivity contribution is 0.624. The SMILES string of the molecule is Cc1csc(CNCc2ccc(N)c(F)c2)n1. The number of nitrogens with two attached hydrogens (primary N) is 1. The van der Waals surface area contributed by atoms with E-state index in [0.717, 1.165) is 16.3 Å². The number of aromatic nitrogens is 1. The second-order valence-electron chi connectivity index (χ2n) is 3.84. The first kappa shape index (κ1) is 12.0. The smallest absolute Gasteiger partial charge is 0.146 e. The van der Waals surface area contributed by atoms with E-state index >= 15 is 0 Å². The number of hydrogen-bond donors (Lipinski definition) is 2. The average molecular weight is 251 g/mol. The van der Waals surface area contributed by atoms with E-state index in [0.29, 0.717) is 13.1 Å². The van der Waals surface area contributed by atoms with Crippen LogP contribution in [0.25, 0.3) is 0 Å². The third-order valence-corrected chi connectivity index (χ3v) is 3.30. The molecule has 17 heavy (non-hydrogen) atoms. The van der Waals surface area contributed by atoms with Gasteiger partial charge in [-0.3, -0.25) is 0 Å². The minimum absolute atomic E-state index is 0.185. The van der Waals surface area contributed by atoms with Gasteiger partial charge in [0.1, 0.15) is 10.8 Å². The molecule has 1 aromatic heterocycles. The van der Waals surface area contributed by atoms with Crippen molar-refractivity contribution in [3.05, 3.63) is 45.7 Å². The van der Waals surface area contributed by atoms with Gasteiger partial charge in [-0.25, -0.2) is 9.37 Å². The first-order chi connectivity index (χ1) is 8.15. The first-order valence-electron chi connectivity index (χ1n) is 5.31. The minimum Gasteiger partial charge on any atom is -0.396 e. The Balaban J connectivity index is 1.87. The highest BCUT2D eigenvalue weighted by molar-refractivity contribution is 7.09. The van der Waals surface area contributed by atoms with Crippen LogP contribution in [0.4, 0.5) is 10.1 Å². The summed E-state index contributed by atoms with van der Waals surface area (Å²) in [6.45, 7) is 3.27. The maximum absolute atomic E-state index is 13.2. The Morgan fingerprint density at radius 1 is 1.41 bits per heavy atom. The number of benzene rings is 1. The Bertz CT molecular complexity index is 510. The molecule has 5 heteroatoms. The van der Waals surface area contributed by atoms with Crippen LogP contribution in [-0.2, 0) is 13.1 Å². The van der Waals surface area contributed by atoms with Crippen LogP contribution in [0.2, 0.25) is 0 Å². The van der Waals surface area contributed by atoms with Crippen molar-refractivity contribution >= 4 is 17.0 Å². The molecule has 0 aliphatic carbocycles. The number of anilines is 1. The quantitative estimate of drug-likeness (QED) is 0.821. The number of halogens is 1. The van der Waals surface area contributed by atoms with Crippen molar-refractivity contribution in [1.82, 2.24) is 10.3 Å². The molecule has 3 N–H and O–H groups in total. The number of aryl methyl sites for hydroxylation is 1. The molecule has 0 fully saturated rings. The number of rotatable bonds is 4. The van der Waals surface area contributed by atoms with Gasteiger partial charge in [0, 0.05) is 24.2 Å². The molecule has 2 rings (SSSR count). The Labute approximate surface area is 103 Å². The zero-order valence-corrected chi connectivity index (χ0v) is 10.4. The van der Waals surface area contributed by atoms with Gasteiger partial charge >= 0.3 is 0 Å². The first-order valence-corrected chi connectivity index (χ1v) is 6.19. The summed E-state index contributed by atoms with van der Waals surface area (Å²) in [5, 5.41) is 6.27. The van der Waals surface area contributed by atoms with E-state index in [1.807, 2.05) is 18.4 Å². The van der Waals surface area contributed by atoms with Gasteiger partial charge < -0.3 is 11.1 Å². The van der Waals surface area contributed by atoms with Crippen molar-refractivity contribution in [2.45, 2.75) is 20.0 Å². The number of nitrogens with one attached hydrogen (secondary N) is 1. The molecule has 0 aliphatic rings. The van der Waals surface area contributed by atoms with Gasteiger partial charge in [-0.1, -0.05) is 6.07 Å². The standard InChI is InChI=1S/C12H14FN3S/c1-8-7-17-12(16-8)6-15-5-9-2-3-11(14)10(13)4-9/h2-4,7,15H,5-6,14H2,1H3. The Morgan fingerprint density at radius 3 is 2.88 bits per heavy atom. The topological polar surface area (TPSA) is 50.9 Å². The molecule has 0 bridgehead atoms. The van der Waals surface area contributed by atoms with Crippen molar-refractivity contribution in [3.8, 4) is 0 Å². The van der Waals surface area contributed by atoms with E-state index < -0.39 is 0 Å². The maximum atomic E-state index is 13.2. The van der Waals surface area contributed by atoms with Crippen molar-refractivity contribution < 1.29 is 4.39 Å². The van der Waals surface area contributed by atoms with Gasteiger partial charge in [-0.15, -0.1) is 11.3 Å². The van der Waals surface area contributed by atoms with Gasteiger partial charge in [-0.05, 0) is 24.6 Å². The molecule has 1 heterocycles. The van der Waals surface area contributed by atoms with Crippen LogP contribution in [-0.4, -0.2) is 4.98 Å². The lowest BCUT2D eigenvalue weighted by Gasteiger charge is -2.04. The molecule has 2 aromatic rings. The van der Waals surface area contributed by atoms with Crippen LogP contribution in [0.1, 0.15) is 16.3 Å². The summed E-state index contributed by atoms with van der Waals surface area (Å²) in [4.78, 5) is 4.34. The fraction of sp³-hybridized carbons (Fsp3) is 0.250. The van der Waals surface area contributed by atoms with Crippen molar-refractivity contribution in [1.29, 1.82) is 0 Å². The third-order valence-electron chi connectivity index (χ3n) is 2.34. The zero-order valence-electron chi connectivity index (χ0n) is 9.53. The van der Waals surface area contributed by atoms with Crippen LogP contribution in [0.3, 0.4) is 0 Å². The van der Waals surface area contributed by atoms with E-state index in [2.05, 4.69) is 10.3 Å². The molecular weight excluding hydrogens is 237 g/mol. The second-order valence-corrected chi connectivity index (χ2v) is 4.78. The van der Waals surface area contributed by atoms with Crippen LogP contribution < -0.4 is 11.1 Å². The molecule has 0 aliphatic heterocycles. The Hall–Kier alpha value is -1.46. The Morgan fingerprint density at radius 2 is 2.24 bits per heavy atom. The fourth-order valence-corrected chi connectivity index (χ4v) is 2.22. The van der Waals surface area contributed by atoms with Gasteiger partial charge in [0.15, 0.2) is 0 Å². The summed E-state index contributed by atoms with van der Waals surface area (Å²) < 4.78 is 13.2. The van der Waals surface area contributed by atoms with E-state index in [-0.39, 0.29) is 11.5 Å². The number of thiazole rings is 1. The highest BCUT2D eigenvalue weighted by Crippen LogP contribution is 2.12. The molecule has 0 saturated heterocycles. The van der Waals surface area contributed by atoms with Gasteiger partial charge in [-0.2, -0.15) is 0 Å². The summed E-state index contributed by atoms with van der Waals surface area (Å²) in [5.41, 5.74) is 7.50. The summed E-state index contributed by atoms with van der Waals surface area (Å²) in [5.74, 6) is -0.366. The van der Waals surface area contributed by atoms with Crippen molar-refractivity contribution in [2.24, 2.45) is 0 Å². The van der Waals surface area contributed by atoms with Crippen LogP contribution >= 0.6 is 11.3 Å². The molecule has 0 amide bonds. The Kier molecular flexibility index (Phi) is 3.71. The molecular formula is C12H14FN3S. The predicted octanol–water partition coefficient (Wildman–Crippen LogP) is 2.46.